The number of carbonyl (C=O) groups excluding carboxylic acids is 2. The standard InChI is InChI=1S/C22H28N2O5/c1-12(25)16-8-13-10-21(20(27)29-3)18(16)24(11-13)7-6-22(21)19(26)15-5-4-14(28-2)9-17(15)23-22/h4-5,9,12-13,16,18,23,25H,6-8,10-11H2,1-3H3/t12-,13+,16-,18-,21-,22-/m1/s1. The minimum Gasteiger partial charge on any atom is -0.497 e. The van der Waals surface area contributed by atoms with Gasteiger partial charge in [-0.1, -0.05) is 0 Å². The number of carbonyl (C=O) groups is 2. The Labute approximate surface area is 170 Å². The van der Waals surface area contributed by atoms with E-state index < -0.39 is 17.1 Å². The van der Waals surface area contributed by atoms with Crippen LogP contribution in [0.5, 0.6) is 5.75 Å². The maximum absolute atomic E-state index is 13.9. The molecule has 7 heteroatoms. The lowest BCUT2D eigenvalue weighted by Gasteiger charge is -2.67. The van der Waals surface area contributed by atoms with Gasteiger partial charge in [-0.3, -0.25) is 14.5 Å². The third kappa shape index (κ3) is 2.20. The van der Waals surface area contributed by atoms with E-state index in [2.05, 4.69) is 10.2 Å². The zero-order valence-electron chi connectivity index (χ0n) is 17.1. The molecule has 4 fully saturated rings. The SMILES string of the molecule is COC(=O)[C@@]12C[C@@H]3C[C@H]([C@@H](C)O)[C@H]1N(CC[C@]21Nc2cc(OC)ccc2C1=O)C3. The number of aliphatic hydroxyl groups is 1. The van der Waals surface area contributed by atoms with Crippen molar-refractivity contribution < 1.29 is 24.2 Å². The molecule has 3 saturated heterocycles. The van der Waals surface area contributed by atoms with Gasteiger partial charge in [0.05, 0.1) is 20.3 Å². The Hall–Kier alpha value is -2.12. The van der Waals surface area contributed by atoms with Gasteiger partial charge in [-0.2, -0.15) is 0 Å². The fraction of sp³-hybridized carbons (Fsp3) is 0.636. The van der Waals surface area contributed by atoms with E-state index >= 15 is 0 Å². The Balaban J connectivity index is 1.69. The molecule has 4 bridgehead atoms. The maximum atomic E-state index is 13.9. The van der Waals surface area contributed by atoms with Gasteiger partial charge in [0, 0.05) is 42.4 Å². The molecule has 1 aromatic carbocycles. The summed E-state index contributed by atoms with van der Waals surface area (Å²) >= 11 is 0. The molecule has 2 N–H and O–H groups in total. The molecule has 0 radical (unpaired) electrons. The Bertz CT molecular complexity index is 886. The number of ketones is 1. The van der Waals surface area contributed by atoms with E-state index in [0.29, 0.717) is 36.4 Å². The Morgan fingerprint density at radius 2 is 2.17 bits per heavy atom. The Morgan fingerprint density at radius 1 is 1.38 bits per heavy atom. The molecule has 5 aliphatic rings. The molecule has 4 aliphatic heterocycles. The van der Waals surface area contributed by atoms with E-state index in [4.69, 9.17) is 9.47 Å². The van der Waals surface area contributed by atoms with E-state index in [0.717, 1.165) is 13.0 Å². The van der Waals surface area contributed by atoms with Gasteiger partial charge in [0.1, 0.15) is 16.7 Å². The van der Waals surface area contributed by atoms with Gasteiger partial charge in [0.25, 0.3) is 0 Å². The van der Waals surface area contributed by atoms with Gasteiger partial charge in [0.2, 0.25) is 0 Å². The lowest BCUT2D eigenvalue weighted by atomic mass is 9.47. The number of piperidine rings is 3. The van der Waals surface area contributed by atoms with Gasteiger partial charge in [-0.25, -0.2) is 0 Å². The molecule has 0 amide bonds. The molecule has 1 aromatic rings. The Kier molecular flexibility index (Phi) is 4.03. The zero-order chi connectivity index (χ0) is 20.6. The Morgan fingerprint density at radius 3 is 2.86 bits per heavy atom. The van der Waals surface area contributed by atoms with Crippen LogP contribution in [-0.4, -0.2) is 66.8 Å². The van der Waals surface area contributed by atoms with Gasteiger partial charge in [0.15, 0.2) is 5.78 Å². The first-order valence-corrected chi connectivity index (χ1v) is 10.4. The number of rotatable bonds is 3. The van der Waals surface area contributed by atoms with Crippen molar-refractivity contribution in [3.8, 4) is 5.75 Å². The zero-order valence-corrected chi connectivity index (χ0v) is 17.1. The first-order valence-electron chi connectivity index (χ1n) is 10.4. The van der Waals surface area contributed by atoms with Crippen LogP contribution in [0.25, 0.3) is 0 Å². The number of nitrogens with zero attached hydrogens (tertiary/aromatic N) is 1. The molecule has 1 aliphatic carbocycles. The van der Waals surface area contributed by atoms with Crippen LogP contribution in [0.4, 0.5) is 5.69 Å². The molecule has 1 spiro atoms. The summed E-state index contributed by atoms with van der Waals surface area (Å²) in [6.07, 6.45) is 1.47. The van der Waals surface area contributed by atoms with Crippen LogP contribution in [-0.2, 0) is 9.53 Å². The smallest absolute Gasteiger partial charge is 0.316 e. The average Bonchev–Trinajstić information content (AvgIpc) is 3.02. The topological polar surface area (TPSA) is 88.1 Å². The summed E-state index contributed by atoms with van der Waals surface area (Å²) < 4.78 is 10.7. The largest absolute Gasteiger partial charge is 0.497 e. The minimum absolute atomic E-state index is 0.0444. The summed E-state index contributed by atoms with van der Waals surface area (Å²) in [5.41, 5.74) is -0.771. The van der Waals surface area contributed by atoms with Crippen LogP contribution >= 0.6 is 0 Å². The van der Waals surface area contributed by atoms with Gasteiger partial charge in [-0.05, 0) is 44.2 Å². The number of fused-ring (bicyclic) bond motifs is 2. The highest BCUT2D eigenvalue weighted by molar-refractivity contribution is 6.16. The third-order valence-corrected chi connectivity index (χ3v) is 7.92. The molecule has 1 saturated carbocycles. The first-order chi connectivity index (χ1) is 13.9. The van der Waals surface area contributed by atoms with Crippen molar-refractivity contribution in [1.29, 1.82) is 0 Å². The van der Waals surface area contributed by atoms with Crippen molar-refractivity contribution in [2.45, 2.75) is 43.9 Å². The van der Waals surface area contributed by atoms with Crippen molar-refractivity contribution in [2.75, 3.05) is 32.6 Å². The predicted octanol–water partition coefficient (Wildman–Crippen LogP) is 1.70. The number of benzene rings is 1. The number of hydrogen-bond acceptors (Lipinski definition) is 7. The fourth-order valence-electron chi connectivity index (χ4n) is 6.88. The van der Waals surface area contributed by atoms with Crippen LogP contribution in [0, 0.1) is 17.3 Å². The number of ether oxygens (including phenoxy) is 2. The number of methoxy groups -OCH3 is 2. The van der Waals surface area contributed by atoms with Crippen LogP contribution in [0.2, 0.25) is 0 Å². The molecular weight excluding hydrogens is 372 g/mol. The van der Waals surface area contributed by atoms with Crippen molar-refractivity contribution in [3.63, 3.8) is 0 Å². The second-order valence-electron chi connectivity index (χ2n) is 9.13. The number of esters is 1. The minimum atomic E-state index is -1.05. The molecule has 156 valence electrons. The molecule has 1 unspecified atom stereocenters. The summed E-state index contributed by atoms with van der Waals surface area (Å²) in [5.74, 6) is 0.466. The maximum Gasteiger partial charge on any atom is 0.316 e. The van der Waals surface area contributed by atoms with Gasteiger partial charge in [-0.15, -0.1) is 0 Å². The quantitative estimate of drug-likeness (QED) is 0.747. The lowest BCUT2D eigenvalue weighted by molar-refractivity contribution is -0.200. The van der Waals surface area contributed by atoms with Gasteiger partial charge < -0.3 is 19.9 Å². The number of anilines is 1. The average molecular weight is 400 g/mol. The molecule has 4 heterocycles. The van der Waals surface area contributed by atoms with E-state index in [1.807, 2.05) is 6.07 Å². The molecule has 0 aromatic heterocycles. The van der Waals surface area contributed by atoms with Crippen LogP contribution in [0.3, 0.4) is 0 Å². The highest BCUT2D eigenvalue weighted by Crippen LogP contribution is 2.62. The predicted molar refractivity (Wildman–Crippen MR) is 106 cm³/mol. The normalized spacial score (nSPS) is 40.3. The second-order valence-corrected chi connectivity index (χ2v) is 9.13. The molecular formula is C22H28N2O5. The summed E-state index contributed by atoms with van der Waals surface area (Å²) in [6, 6.07) is 5.17. The van der Waals surface area contributed by atoms with Crippen LogP contribution in [0.1, 0.15) is 36.5 Å². The third-order valence-electron chi connectivity index (χ3n) is 7.92. The fourth-order valence-corrected chi connectivity index (χ4v) is 6.88. The molecule has 29 heavy (non-hydrogen) atoms. The number of nitrogens with one attached hydrogen (secondary N) is 1. The van der Waals surface area contributed by atoms with Crippen molar-refractivity contribution in [1.82, 2.24) is 4.90 Å². The second kappa shape index (κ2) is 6.19. The highest BCUT2D eigenvalue weighted by atomic mass is 16.5. The molecule has 7 atom stereocenters. The van der Waals surface area contributed by atoms with Gasteiger partial charge >= 0.3 is 5.97 Å². The number of hydrogen-bond donors (Lipinski definition) is 2. The van der Waals surface area contributed by atoms with E-state index in [1.54, 1.807) is 26.2 Å². The van der Waals surface area contributed by atoms with E-state index in [1.165, 1.54) is 7.11 Å². The monoisotopic (exact) mass is 400 g/mol. The highest BCUT2D eigenvalue weighted by Gasteiger charge is 2.75. The summed E-state index contributed by atoms with van der Waals surface area (Å²) in [5, 5.41) is 14.1. The van der Waals surface area contributed by atoms with Crippen LogP contribution < -0.4 is 10.1 Å². The first kappa shape index (κ1) is 18.9. The van der Waals surface area contributed by atoms with Crippen LogP contribution in [0.15, 0.2) is 18.2 Å². The summed E-state index contributed by atoms with van der Waals surface area (Å²) in [4.78, 5) is 29.7. The van der Waals surface area contributed by atoms with Crippen molar-refractivity contribution in [2.24, 2.45) is 17.3 Å². The van der Waals surface area contributed by atoms with E-state index in [9.17, 15) is 14.7 Å². The van der Waals surface area contributed by atoms with E-state index in [-0.39, 0.29) is 29.6 Å². The summed E-state index contributed by atoms with van der Waals surface area (Å²) in [6.45, 7) is 3.42. The molecule has 7 nitrogen and oxygen atoms in total. The van der Waals surface area contributed by atoms with Crippen molar-refractivity contribution in [3.05, 3.63) is 23.8 Å². The molecule has 6 rings (SSSR count). The lowest BCUT2D eigenvalue weighted by Crippen LogP contribution is -2.80. The summed E-state index contributed by atoms with van der Waals surface area (Å²) in [7, 11) is 3.00. The number of Topliss-reactive ketones (excluding diaryl/α,β-unsaturated/α-hetero) is 1. The van der Waals surface area contributed by atoms with Crippen molar-refractivity contribution >= 4 is 17.4 Å². The number of aliphatic hydroxyl groups excluding tert-OH is 1.